The third-order valence-corrected chi connectivity index (χ3v) is 4.18. The first-order valence-electron chi connectivity index (χ1n) is 5.84. The minimum Gasteiger partial charge on any atom is -0.396 e. The Morgan fingerprint density at radius 2 is 2.17 bits per heavy atom. The van der Waals surface area contributed by atoms with E-state index in [4.69, 9.17) is 16.7 Å². The van der Waals surface area contributed by atoms with Crippen LogP contribution >= 0.6 is 34.2 Å². The van der Waals surface area contributed by atoms with Crippen LogP contribution in [-0.2, 0) is 0 Å². The van der Waals surface area contributed by atoms with Crippen LogP contribution in [0.4, 0.5) is 0 Å². The van der Waals surface area contributed by atoms with Gasteiger partial charge in [0, 0.05) is 28.3 Å². The lowest BCUT2D eigenvalue weighted by Crippen LogP contribution is -2.38. The summed E-state index contributed by atoms with van der Waals surface area (Å²) in [4.78, 5) is 14.1. The third-order valence-electron chi connectivity index (χ3n) is 2.61. The minimum absolute atomic E-state index is 0.0447. The molecule has 0 spiro atoms. The molecule has 5 heteroatoms. The molecule has 100 valence electrons. The third kappa shape index (κ3) is 4.10. The fourth-order valence-corrected chi connectivity index (χ4v) is 2.15. The Bertz CT molecular complexity index is 423. The number of carbonyl (C=O) groups is 1. The summed E-state index contributed by atoms with van der Waals surface area (Å²) in [6.07, 6.45) is 0.585. The Hall–Kier alpha value is -0.330. The van der Waals surface area contributed by atoms with Gasteiger partial charge in [0.15, 0.2) is 0 Å². The van der Waals surface area contributed by atoms with Crippen molar-refractivity contribution in [2.24, 2.45) is 0 Å². The molecule has 0 aliphatic rings. The summed E-state index contributed by atoms with van der Waals surface area (Å²) in [6.45, 7) is 4.56. The summed E-state index contributed by atoms with van der Waals surface area (Å²) in [5, 5.41) is 9.46. The molecule has 0 unspecified atom stereocenters. The highest BCUT2D eigenvalue weighted by molar-refractivity contribution is 14.1. The van der Waals surface area contributed by atoms with Crippen molar-refractivity contribution in [3.05, 3.63) is 32.4 Å². The van der Waals surface area contributed by atoms with E-state index >= 15 is 0 Å². The van der Waals surface area contributed by atoms with Crippen molar-refractivity contribution < 1.29 is 9.90 Å². The number of nitrogens with zero attached hydrogens (tertiary/aromatic N) is 1. The lowest BCUT2D eigenvalue weighted by Gasteiger charge is -2.26. The van der Waals surface area contributed by atoms with E-state index in [1.165, 1.54) is 0 Å². The van der Waals surface area contributed by atoms with Gasteiger partial charge in [-0.1, -0.05) is 11.6 Å². The van der Waals surface area contributed by atoms with E-state index in [1.54, 1.807) is 17.0 Å². The fourth-order valence-electron chi connectivity index (χ4n) is 1.63. The molecular formula is C13H17ClINO2. The van der Waals surface area contributed by atoms with Crippen molar-refractivity contribution in [1.82, 2.24) is 4.90 Å². The summed E-state index contributed by atoms with van der Waals surface area (Å²) in [5.41, 5.74) is 0.590. The Labute approximate surface area is 126 Å². The Kier molecular flexibility index (Phi) is 6.38. The van der Waals surface area contributed by atoms with Gasteiger partial charge < -0.3 is 10.0 Å². The highest BCUT2D eigenvalue weighted by Gasteiger charge is 2.18. The first-order chi connectivity index (χ1) is 8.47. The summed E-state index contributed by atoms with van der Waals surface area (Å²) >= 11 is 8.16. The molecule has 0 aliphatic carbocycles. The molecule has 1 amide bonds. The fraction of sp³-hybridized carbons (Fsp3) is 0.462. The topological polar surface area (TPSA) is 40.5 Å². The molecule has 0 saturated heterocycles. The number of hydrogen-bond donors (Lipinski definition) is 1. The van der Waals surface area contributed by atoms with Gasteiger partial charge in [-0.05, 0) is 61.1 Å². The number of carbonyl (C=O) groups excluding carboxylic acids is 1. The number of amides is 1. The van der Waals surface area contributed by atoms with Gasteiger partial charge in [0.25, 0.3) is 5.91 Å². The predicted molar refractivity (Wildman–Crippen MR) is 82.0 cm³/mol. The van der Waals surface area contributed by atoms with E-state index in [-0.39, 0.29) is 18.6 Å². The molecule has 1 aromatic carbocycles. The van der Waals surface area contributed by atoms with Crippen LogP contribution in [0.15, 0.2) is 18.2 Å². The summed E-state index contributed by atoms with van der Waals surface area (Å²) in [6, 6.07) is 5.41. The zero-order valence-electron chi connectivity index (χ0n) is 10.5. The van der Waals surface area contributed by atoms with Crippen LogP contribution in [0.3, 0.4) is 0 Å². The molecule has 0 heterocycles. The highest BCUT2D eigenvalue weighted by Crippen LogP contribution is 2.21. The maximum Gasteiger partial charge on any atom is 0.254 e. The van der Waals surface area contributed by atoms with E-state index < -0.39 is 0 Å². The molecule has 18 heavy (non-hydrogen) atoms. The van der Waals surface area contributed by atoms with E-state index in [0.29, 0.717) is 23.6 Å². The van der Waals surface area contributed by atoms with E-state index in [0.717, 1.165) is 3.57 Å². The van der Waals surface area contributed by atoms with Crippen LogP contribution in [-0.4, -0.2) is 35.1 Å². The molecule has 0 bridgehead atoms. The van der Waals surface area contributed by atoms with Crippen LogP contribution < -0.4 is 0 Å². The lowest BCUT2D eigenvalue weighted by atomic mass is 10.1. The molecule has 0 atom stereocenters. The monoisotopic (exact) mass is 381 g/mol. The quantitative estimate of drug-likeness (QED) is 0.796. The Morgan fingerprint density at radius 3 is 2.67 bits per heavy atom. The van der Waals surface area contributed by atoms with Crippen LogP contribution in [0.5, 0.6) is 0 Å². The Balaban J connectivity index is 2.91. The molecule has 1 aromatic rings. The van der Waals surface area contributed by atoms with Crippen molar-refractivity contribution in [3.63, 3.8) is 0 Å². The maximum absolute atomic E-state index is 12.3. The zero-order chi connectivity index (χ0) is 13.7. The first kappa shape index (κ1) is 15.7. The van der Waals surface area contributed by atoms with Gasteiger partial charge in [0.2, 0.25) is 0 Å². The second-order valence-electron chi connectivity index (χ2n) is 4.30. The number of halogens is 2. The predicted octanol–water partition coefficient (Wildman–Crippen LogP) is 3.18. The maximum atomic E-state index is 12.3. The minimum atomic E-state index is -0.0447. The average molecular weight is 382 g/mol. The van der Waals surface area contributed by atoms with Crippen molar-refractivity contribution in [1.29, 1.82) is 0 Å². The standard InChI is InChI=1S/C13H17ClINO2/c1-9(2)16(6-3-7-17)13(18)10-4-5-12(15)11(14)8-10/h4-5,8-9,17H,3,6-7H2,1-2H3. The van der Waals surface area contributed by atoms with E-state index in [9.17, 15) is 4.79 Å². The zero-order valence-corrected chi connectivity index (χ0v) is 13.4. The van der Waals surface area contributed by atoms with Crippen LogP contribution in [0.1, 0.15) is 30.6 Å². The molecule has 3 nitrogen and oxygen atoms in total. The van der Waals surface area contributed by atoms with Gasteiger partial charge in [-0.25, -0.2) is 0 Å². The van der Waals surface area contributed by atoms with Gasteiger partial charge in [-0.3, -0.25) is 4.79 Å². The largest absolute Gasteiger partial charge is 0.396 e. The van der Waals surface area contributed by atoms with Gasteiger partial charge in [-0.2, -0.15) is 0 Å². The first-order valence-corrected chi connectivity index (χ1v) is 7.30. The van der Waals surface area contributed by atoms with Gasteiger partial charge >= 0.3 is 0 Å². The molecule has 0 saturated carbocycles. The lowest BCUT2D eigenvalue weighted by molar-refractivity contribution is 0.0693. The molecule has 0 fully saturated rings. The molecule has 1 rings (SSSR count). The molecule has 0 radical (unpaired) electrons. The van der Waals surface area contributed by atoms with Crippen molar-refractivity contribution in [3.8, 4) is 0 Å². The second kappa shape index (κ2) is 7.31. The van der Waals surface area contributed by atoms with Gasteiger partial charge in [0.05, 0.1) is 5.02 Å². The second-order valence-corrected chi connectivity index (χ2v) is 5.87. The summed E-state index contributed by atoms with van der Waals surface area (Å²) in [7, 11) is 0. The summed E-state index contributed by atoms with van der Waals surface area (Å²) in [5.74, 6) is -0.0447. The average Bonchev–Trinajstić information content (AvgIpc) is 2.32. The van der Waals surface area contributed by atoms with E-state index in [1.807, 2.05) is 19.9 Å². The summed E-state index contributed by atoms with van der Waals surface area (Å²) < 4.78 is 0.928. The van der Waals surface area contributed by atoms with Crippen LogP contribution in [0.2, 0.25) is 5.02 Å². The van der Waals surface area contributed by atoms with Gasteiger partial charge in [0.1, 0.15) is 0 Å². The highest BCUT2D eigenvalue weighted by atomic mass is 127. The normalized spacial score (nSPS) is 10.8. The SMILES string of the molecule is CC(C)N(CCCO)C(=O)c1ccc(I)c(Cl)c1. The smallest absolute Gasteiger partial charge is 0.254 e. The molecule has 0 aliphatic heterocycles. The van der Waals surface area contributed by atoms with Crippen LogP contribution in [0, 0.1) is 3.57 Å². The van der Waals surface area contributed by atoms with Crippen molar-refractivity contribution in [2.75, 3.05) is 13.2 Å². The molecular weight excluding hydrogens is 365 g/mol. The van der Waals surface area contributed by atoms with Gasteiger partial charge in [-0.15, -0.1) is 0 Å². The van der Waals surface area contributed by atoms with Crippen molar-refractivity contribution in [2.45, 2.75) is 26.3 Å². The van der Waals surface area contributed by atoms with E-state index in [2.05, 4.69) is 22.6 Å². The number of benzene rings is 1. The Morgan fingerprint density at radius 1 is 1.50 bits per heavy atom. The molecule has 1 N–H and O–H groups in total. The van der Waals surface area contributed by atoms with Crippen LogP contribution in [0.25, 0.3) is 0 Å². The molecule has 0 aromatic heterocycles. The number of aliphatic hydroxyl groups is 1. The number of rotatable bonds is 5. The number of hydrogen-bond acceptors (Lipinski definition) is 2. The van der Waals surface area contributed by atoms with Crippen molar-refractivity contribution >= 4 is 40.1 Å². The number of aliphatic hydroxyl groups excluding tert-OH is 1.